The number of rotatable bonds is 2. The van der Waals surface area contributed by atoms with Crippen molar-refractivity contribution >= 4 is 33.7 Å². The number of carbonyl (C=O) groups is 1. The predicted octanol–water partition coefficient (Wildman–Crippen LogP) is 2.65. The molecule has 0 radical (unpaired) electrons. The third-order valence-electron chi connectivity index (χ3n) is 2.30. The summed E-state index contributed by atoms with van der Waals surface area (Å²) in [4.78, 5) is 12.5. The first-order chi connectivity index (χ1) is 7.15. The Morgan fingerprint density at radius 2 is 2.07 bits per heavy atom. The first-order valence-electron chi connectivity index (χ1n) is 4.81. The minimum Gasteiger partial charge on any atom is -0.297 e. The maximum Gasteiger partial charge on any atom is 0.162 e. The Balaban J connectivity index is 1.98. The molecule has 0 aliphatic carbocycles. The fraction of sp³-hybridized carbons (Fsp3) is 0.364. The number of benzene rings is 1. The van der Waals surface area contributed by atoms with Crippen LogP contribution in [-0.2, 0) is 4.79 Å². The zero-order valence-electron chi connectivity index (χ0n) is 8.44. The van der Waals surface area contributed by atoms with Crippen LogP contribution >= 0.6 is 27.9 Å². The Morgan fingerprint density at radius 1 is 1.40 bits per heavy atom. The van der Waals surface area contributed by atoms with E-state index in [1.165, 1.54) is 10.5 Å². The molecule has 1 atom stereocenters. The summed E-state index contributed by atoms with van der Waals surface area (Å²) in [6.45, 7) is 3.40. The molecular weight excluding hydrogens is 274 g/mol. The van der Waals surface area contributed by atoms with Crippen molar-refractivity contribution in [2.75, 3.05) is 13.1 Å². The second-order valence-electron chi connectivity index (χ2n) is 3.66. The first-order valence-corrected chi connectivity index (χ1v) is 6.50. The summed E-state index contributed by atoms with van der Waals surface area (Å²) in [7, 11) is 0. The van der Waals surface area contributed by atoms with Crippen LogP contribution in [0.4, 0.5) is 0 Å². The van der Waals surface area contributed by atoms with Gasteiger partial charge in [-0.15, -0.1) is 0 Å². The lowest BCUT2D eigenvalue weighted by molar-refractivity contribution is -0.116. The predicted molar refractivity (Wildman–Crippen MR) is 66.3 cm³/mol. The van der Waals surface area contributed by atoms with E-state index in [1.807, 2.05) is 0 Å². The van der Waals surface area contributed by atoms with Crippen LogP contribution in [0.1, 0.15) is 5.56 Å². The number of hydrogen-bond acceptors (Lipinski definition) is 3. The largest absolute Gasteiger partial charge is 0.297 e. The third-order valence-corrected chi connectivity index (χ3v) is 4.12. The Hall–Kier alpha value is -0.320. The van der Waals surface area contributed by atoms with Crippen molar-refractivity contribution in [2.45, 2.75) is 16.6 Å². The highest BCUT2D eigenvalue weighted by Gasteiger charge is 2.28. The molecule has 1 heterocycles. The van der Waals surface area contributed by atoms with Crippen LogP contribution in [0.15, 0.2) is 29.2 Å². The molecule has 1 aromatic rings. The van der Waals surface area contributed by atoms with Crippen molar-refractivity contribution in [3.05, 3.63) is 29.8 Å². The van der Waals surface area contributed by atoms with Crippen molar-refractivity contribution < 1.29 is 4.79 Å². The summed E-state index contributed by atoms with van der Waals surface area (Å²) < 4.78 is 2.09. The highest BCUT2D eigenvalue weighted by Crippen LogP contribution is 2.27. The molecule has 1 aliphatic heterocycles. The van der Waals surface area contributed by atoms with E-state index in [1.54, 1.807) is 11.9 Å². The second-order valence-corrected chi connectivity index (χ2v) is 5.94. The molecule has 1 unspecified atom stereocenters. The van der Waals surface area contributed by atoms with E-state index in [0.717, 1.165) is 6.54 Å². The van der Waals surface area contributed by atoms with Crippen LogP contribution in [0.5, 0.6) is 0 Å². The Morgan fingerprint density at radius 3 is 2.60 bits per heavy atom. The average Bonchev–Trinajstić information content (AvgIpc) is 2.50. The van der Waals surface area contributed by atoms with Gasteiger partial charge in [-0.3, -0.25) is 4.79 Å². The van der Waals surface area contributed by atoms with Crippen LogP contribution < -0.4 is 0 Å². The number of Topliss-reactive ketones (excluding diaryl/α,β-unsaturated/α-hetero) is 1. The highest BCUT2D eigenvalue weighted by atomic mass is 79.9. The van der Waals surface area contributed by atoms with E-state index < -0.39 is 0 Å². The maximum absolute atomic E-state index is 11.3. The molecule has 0 bridgehead atoms. The standard InChI is InChI=1S/C11H12BrNOS/c1-8-2-4-9(5-3-8)15-13-6-10(12)11(14)7-13/h2-5,10H,6-7H2,1H3. The monoisotopic (exact) mass is 285 g/mol. The molecule has 0 aromatic heterocycles. The van der Waals surface area contributed by atoms with Gasteiger partial charge in [0.2, 0.25) is 0 Å². The minimum atomic E-state index is 0.00967. The molecular formula is C11H12BrNOS. The molecule has 2 rings (SSSR count). The Kier molecular flexibility index (Phi) is 3.49. The van der Waals surface area contributed by atoms with E-state index in [4.69, 9.17) is 0 Å². The lowest BCUT2D eigenvalue weighted by atomic mass is 10.2. The van der Waals surface area contributed by atoms with Gasteiger partial charge in [0, 0.05) is 11.4 Å². The van der Waals surface area contributed by atoms with Gasteiger partial charge >= 0.3 is 0 Å². The van der Waals surface area contributed by atoms with E-state index in [9.17, 15) is 4.79 Å². The molecule has 1 saturated heterocycles. The number of carbonyl (C=O) groups excluding carboxylic acids is 1. The Bertz CT molecular complexity index is 365. The number of ketones is 1. The van der Waals surface area contributed by atoms with Gasteiger partial charge in [-0.1, -0.05) is 33.6 Å². The highest BCUT2D eigenvalue weighted by molar-refractivity contribution is 9.10. The van der Waals surface area contributed by atoms with E-state index in [0.29, 0.717) is 6.54 Å². The van der Waals surface area contributed by atoms with Crippen molar-refractivity contribution in [2.24, 2.45) is 0 Å². The molecule has 0 amide bonds. The van der Waals surface area contributed by atoms with Gasteiger partial charge in [-0.05, 0) is 31.0 Å². The fourth-order valence-electron chi connectivity index (χ4n) is 1.44. The summed E-state index contributed by atoms with van der Waals surface area (Å²) in [5, 5.41) is 0. The molecule has 0 N–H and O–H groups in total. The van der Waals surface area contributed by atoms with Gasteiger partial charge < -0.3 is 0 Å². The van der Waals surface area contributed by atoms with Crippen LogP contribution in [-0.4, -0.2) is 28.0 Å². The van der Waals surface area contributed by atoms with Gasteiger partial charge in [0.15, 0.2) is 5.78 Å². The van der Waals surface area contributed by atoms with Gasteiger partial charge in [0.25, 0.3) is 0 Å². The fourth-order valence-corrected chi connectivity index (χ4v) is 3.09. The molecule has 0 saturated carbocycles. The van der Waals surface area contributed by atoms with Gasteiger partial charge in [0.05, 0.1) is 11.4 Å². The first kappa shape index (κ1) is 11.2. The average molecular weight is 286 g/mol. The third kappa shape index (κ3) is 2.83. The summed E-state index contributed by atoms with van der Waals surface area (Å²) in [5.41, 5.74) is 1.26. The molecule has 1 fully saturated rings. The van der Waals surface area contributed by atoms with E-state index in [2.05, 4.69) is 51.4 Å². The topological polar surface area (TPSA) is 20.3 Å². The second kappa shape index (κ2) is 4.68. The number of hydrogen-bond donors (Lipinski definition) is 0. The van der Waals surface area contributed by atoms with Gasteiger partial charge in [-0.25, -0.2) is 4.31 Å². The number of halogens is 1. The zero-order chi connectivity index (χ0) is 10.8. The number of nitrogens with zero attached hydrogens (tertiary/aromatic N) is 1. The number of alkyl halides is 1. The van der Waals surface area contributed by atoms with Crippen LogP contribution in [0.3, 0.4) is 0 Å². The molecule has 15 heavy (non-hydrogen) atoms. The van der Waals surface area contributed by atoms with Crippen LogP contribution in [0.2, 0.25) is 0 Å². The number of aryl methyl sites for hydroxylation is 1. The van der Waals surface area contributed by atoms with Crippen molar-refractivity contribution in [1.82, 2.24) is 4.31 Å². The van der Waals surface area contributed by atoms with Crippen LogP contribution in [0, 0.1) is 6.92 Å². The summed E-state index contributed by atoms with van der Waals surface area (Å²) in [6, 6.07) is 8.36. The SMILES string of the molecule is Cc1ccc(SN2CC(=O)C(Br)C2)cc1. The molecule has 0 spiro atoms. The van der Waals surface area contributed by atoms with Crippen molar-refractivity contribution in [3.63, 3.8) is 0 Å². The summed E-state index contributed by atoms with van der Waals surface area (Å²) in [5.74, 6) is 0.273. The van der Waals surface area contributed by atoms with E-state index in [-0.39, 0.29) is 10.6 Å². The zero-order valence-corrected chi connectivity index (χ0v) is 10.8. The van der Waals surface area contributed by atoms with Gasteiger partial charge in [-0.2, -0.15) is 0 Å². The van der Waals surface area contributed by atoms with Crippen LogP contribution in [0.25, 0.3) is 0 Å². The quantitative estimate of drug-likeness (QED) is 0.616. The minimum absolute atomic E-state index is 0.00967. The normalized spacial score (nSPS) is 22.3. The smallest absolute Gasteiger partial charge is 0.162 e. The summed E-state index contributed by atoms with van der Waals surface area (Å²) in [6.07, 6.45) is 0. The molecule has 80 valence electrons. The van der Waals surface area contributed by atoms with E-state index >= 15 is 0 Å². The molecule has 4 heteroatoms. The summed E-state index contributed by atoms with van der Waals surface area (Å²) >= 11 is 5.01. The molecule has 2 nitrogen and oxygen atoms in total. The van der Waals surface area contributed by atoms with Gasteiger partial charge in [0.1, 0.15) is 0 Å². The lowest BCUT2D eigenvalue weighted by Gasteiger charge is -2.12. The molecule has 1 aromatic carbocycles. The Labute approximate surface area is 102 Å². The molecule has 1 aliphatic rings. The maximum atomic E-state index is 11.3. The van der Waals surface area contributed by atoms with Crippen molar-refractivity contribution in [1.29, 1.82) is 0 Å². The lowest BCUT2D eigenvalue weighted by Crippen LogP contribution is -2.11. The van der Waals surface area contributed by atoms with Crippen molar-refractivity contribution in [3.8, 4) is 0 Å².